The van der Waals surface area contributed by atoms with Crippen LogP contribution >= 0.6 is 0 Å². The van der Waals surface area contributed by atoms with Crippen molar-refractivity contribution >= 4 is 5.97 Å². The summed E-state index contributed by atoms with van der Waals surface area (Å²) < 4.78 is 23.7. The molecule has 1 aliphatic rings. The molecule has 0 N–H and O–H groups in total. The molecule has 0 aliphatic carbocycles. The Bertz CT molecular complexity index is 987. The Morgan fingerprint density at radius 2 is 2.10 bits per heavy atom. The summed E-state index contributed by atoms with van der Waals surface area (Å²) in [6, 6.07) is 13.7. The molecule has 0 radical (unpaired) electrons. The average Bonchev–Trinajstić information content (AvgIpc) is 3.24. The summed E-state index contributed by atoms with van der Waals surface area (Å²) in [6.07, 6.45) is 2.01. The molecule has 1 aromatic heterocycles. The molecule has 1 fully saturated rings. The summed E-state index contributed by atoms with van der Waals surface area (Å²) >= 11 is 0. The van der Waals surface area contributed by atoms with Crippen LogP contribution in [0.2, 0.25) is 0 Å². The number of piperidine rings is 1. The first-order chi connectivity index (χ1) is 14.1. The van der Waals surface area contributed by atoms with Crippen LogP contribution in [0.3, 0.4) is 0 Å². The van der Waals surface area contributed by atoms with Crippen molar-refractivity contribution in [2.75, 3.05) is 20.2 Å². The molecule has 1 unspecified atom stereocenters. The lowest BCUT2D eigenvalue weighted by Gasteiger charge is -2.30. The van der Waals surface area contributed by atoms with E-state index in [1.807, 2.05) is 12.1 Å². The van der Waals surface area contributed by atoms with E-state index in [0.29, 0.717) is 22.8 Å². The third kappa shape index (κ3) is 4.51. The van der Waals surface area contributed by atoms with Gasteiger partial charge in [0, 0.05) is 18.7 Å². The normalized spacial score (nSPS) is 17.2. The lowest BCUT2D eigenvalue weighted by molar-refractivity contribution is 0.0600. The molecule has 0 spiro atoms. The van der Waals surface area contributed by atoms with Gasteiger partial charge in [0.2, 0.25) is 11.7 Å². The molecule has 3 aromatic rings. The number of benzene rings is 2. The number of nitrogens with zero attached hydrogens (tertiary/aromatic N) is 3. The first-order valence-electron chi connectivity index (χ1n) is 9.61. The molecule has 0 amide bonds. The van der Waals surface area contributed by atoms with E-state index in [-0.39, 0.29) is 17.7 Å². The summed E-state index contributed by atoms with van der Waals surface area (Å²) in [5.74, 6) is 0.494. The second-order valence-corrected chi connectivity index (χ2v) is 7.23. The quantitative estimate of drug-likeness (QED) is 0.608. The predicted molar refractivity (Wildman–Crippen MR) is 105 cm³/mol. The van der Waals surface area contributed by atoms with Crippen LogP contribution in [-0.2, 0) is 11.3 Å². The minimum absolute atomic E-state index is 0.146. The highest BCUT2D eigenvalue weighted by Gasteiger charge is 2.26. The van der Waals surface area contributed by atoms with Gasteiger partial charge in [0.1, 0.15) is 5.82 Å². The minimum atomic E-state index is -0.333. The molecule has 150 valence electrons. The molecule has 7 heteroatoms. The van der Waals surface area contributed by atoms with Gasteiger partial charge in [-0.05, 0) is 49.2 Å². The van der Waals surface area contributed by atoms with Crippen molar-refractivity contribution in [3.8, 4) is 11.4 Å². The van der Waals surface area contributed by atoms with Crippen LogP contribution in [0.15, 0.2) is 53.1 Å². The van der Waals surface area contributed by atoms with Crippen LogP contribution in [0.1, 0.15) is 40.6 Å². The fourth-order valence-electron chi connectivity index (χ4n) is 3.67. The third-order valence-corrected chi connectivity index (χ3v) is 5.16. The molecule has 29 heavy (non-hydrogen) atoms. The average molecular weight is 395 g/mol. The molecule has 2 aromatic carbocycles. The van der Waals surface area contributed by atoms with Crippen LogP contribution in [0.25, 0.3) is 11.4 Å². The van der Waals surface area contributed by atoms with Gasteiger partial charge in [0.05, 0.1) is 18.6 Å². The maximum atomic E-state index is 13.4. The van der Waals surface area contributed by atoms with E-state index in [2.05, 4.69) is 15.0 Å². The van der Waals surface area contributed by atoms with Crippen LogP contribution in [0.5, 0.6) is 0 Å². The topological polar surface area (TPSA) is 68.5 Å². The Balaban J connectivity index is 1.41. The van der Waals surface area contributed by atoms with E-state index in [4.69, 9.17) is 9.26 Å². The van der Waals surface area contributed by atoms with E-state index in [9.17, 15) is 9.18 Å². The van der Waals surface area contributed by atoms with Gasteiger partial charge in [-0.25, -0.2) is 9.18 Å². The molecule has 4 rings (SSSR count). The van der Waals surface area contributed by atoms with Gasteiger partial charge in [-0.1, -0.05) is 29.4 Å². The Hall–Kier alpha value is -3.06. The fraction of sp³-hybridized carbons (Fsp3) is 0.318. The van der Waals surface area contributed by atoms with Gasteiger partial charge >= 0.3 is 5.97 Å². The Kier molecular flexibility index (Phi) is 5.67. The van der Waals surface area contributed by atoms with Crippen molar-refractivity contribution in [2.24, 2.45) is 0 Å². The summed E-state index contributed by atoms with van der Waals surface area (Å²) in [5, 5.41) is 4.03. The Labute approximate surface area is 168 Å². The zero-order chi connectivity index (χ0) is 20.2. The van der Waals surface area contributed by atoms with E-state index in [1.165, 1.54) is 19.2 Å². The first-order valence-corrected chi connectivity index (χ1v) is 9.61. The molecular formula is C22H22FN3O3. The van der Waals surface area contributed by atoms with Crippen LogP contribution in [-0.4, -0.2) is 41.2 Å². The van der Waals surface area contributed by atoms with Crippen molar-refractivity contribution in [1.82, 2.24) is 15.0 Å². The molecule has 1 atom stereocenters. The van der Waals surface area contributed by atoms with Gasteiger partial charge in [-0.15, -0.1) is 0 Å². The number of methoxy groups -OCH3 is 1. The van der Waals surface area contributed by atoms with Crippen molar-refractivity contribution in [2.45, 2.75) is 25.3 Å². The molecule has 6 nitrogen and oxygen atoms in total. The number of rotatable bonds is 5. The van der Waals surface area contributed by atoms with Crippen LogP contribution in [0, 0.1) is 5.82 Å². The van der Waals surface area contributed by atoms with Gasteiger partial charge in [0.25, 0.3) is 0 Å². The number of likely N-dealkylation sites (tertiary alicyclic amines) is 1. The maximum Gasteiger partial charge on any atom is 0.337 e. The Morgan fingerprint density at radius 1 is 1.28 bits per heavy atom. The van der Waals surface area contributed by atoms with E-state index in [0.717, 1.165) is 38.0 Å². The van der Waals surface area contributed by atoms with E-state index >= 15 is 0 Å². The first kappa shape index (κ1) is 19.3. The number of ether oxygens (including phenoxy) is 1. The highest BCUT2D eigenvalue weighted by Crippen LogP contribution is 2.28. The number of esters is 1. The monoisotopic (exact) mass is 395 g/mol. The van der Waals surface area contributed by atoms with E-state index in [1.54, 1.807) is 24.3 Å². The van der Waals surface area contributed by atoms with E-state index < -0.39 is 0 Å². The lowest BCUT2D eigenvalue weighted by Crippen LogP contribution is -2.34. The smallest absolute Gasteiger partial charge is 0.337 e. The Morgan fingerprint density at radius 3 is 2.86 bits per heavy atom. The summed E-state index contributed by atoms with van der Waals surface area (Å²) in [7, 11) is 1.38. The minimum Gasteiger partial charge on any atom is -0.465 e. The number of hydrogen-bond donors (Lipinski definition) is 0. The zero-order valence-corrected chi connectivity index (χ0v) is 16.2. The van der Waals surface area contributed by atoms with Crippen molar-refractivity contribution < 1.29 is 18.4 Å². The summed E-state index contributed by atoms with van der Waals surface area (Å²) in [5.41, 5.74) is 2.28. The molecule has 1 saturated heterocycles. The number of halogens is 1. The number of hydrogen-bond acceptors (Lipinski definition) is 6. The molecule has 1 aliphatic heterocycles. The predicted octanol–water partition coefficient (Wildman–Crippen LogP) is 4.04. The van der Waals surface area contributed by atoms with Crippen molar-refractivity contribution in [1.29, 1.82) is 0 Å². The number of aromatic nitrogens is 2. The van der Waals surface area contributed by atoms with Gasteiger partial charge in [-0.2, -0.15) is 4.98 Å². The fourth-order valence-corrected chi connectivity index (χ4v) is 3.67. The molecule has 0 saturated carbocycles. The number of carbonyl (C=O) groups is 1. The molecule has 0 bridgehead atoms. The third-order valence-electron chi connectivity index (χ3n) is 5.16. The highest BCUT2D eigenvalue weighted by atomic mass is 19.1. The van der Waals surface area contributed by atoms with Crippen molar-refractivity contribution in [3.05, 3.63) is 71.4 Å². The van der Waals surface area contributed by atoms with Crippen molar-refractivity contribution in [3.63, 3.8) is 0 Å². The second-order valence-electron chi connectivity index (χ2n) is 7.23. The standard InChI is InChI=1S/C22H22FN3O3/c1-28-22(27)16-9-7-15(8-10-16)13-26-11-3-5-18(14-26)21-24-20(25-29-21)17-4-2-6-19(23)12-17/h2,4,6-10,12,18H,3,5,11,13-14H2,1H3. The van der Waals surface area contributed by atoms with Crippen LogP contribution < -0.4 is 0 Å². The molecule has 2 heterocycles. The molecular weight excluding hydrogens is 373 g/mol. The van der Waals surface area contributed by atoms with Crippen LogP contribution in [0.4, 0.5) is 4.39 Å². The van der Waals surface area contributed by atoms with Gasteiger partial charge in [-0.3, -0.25) is 4.90 Å². The maximum absolute atomic E-state index is 13.4. The SMILES string of the molecule is COC(=O)c1ccc(CN2CCCC(c3nc(-c4cccc(F)c4)no3)C2)cc1. The summed E-state index contributed by atoms with van der Waals surface area (Å²) in [6.45, 7) is 2.58. The van der Waals surface area contributed by atoms with Gasteiger partial charge in [0.15, 0.2) is 0 Å². The lowest BCUT2D eigenvalue weighted by atomic mass is 9.97. The highest BCUT2D eigenvalue weighted by molar-refractivity contribution is 5.89. The van der Waals surface area contributed by atoms with Gasteiger partial charge < -0.3 is 9.26 Å². The summed E-state index contributed by atoms with van der Waals surface area (Å²) in [4.78, 5) is 18.4. The second kappa shape index (κ2) is 8.53. The zero-order valence-electron chi connectivity index (χ0n) is 16.2. The number of carbonyl (C=O) groups excluding carboxylic acids is 1. The largest absolute Gasteiger partial charge is 0.465 e.